The Bertz CT molecular complexity index is 1340. The van der Waals surface area contributed by atoms with Gasteiger partial charge in [-0.15, -0.1) is 22.7 Å². The maximum atomic E-state index is 12.8. The summed E-state index contributed by atoms with van der Waals surface area (Å²) >= 11 is 3.29. The average molecular weight is 490 g/mol. The Morgan fingerprint density at radius 1 is 1.09 bits per heavy atom. The van der Waals surface area contributed by atoms with Crippen molar-refractivity contribution in [3.8, 4) is 0 Å². The van der Waals surface area contributed by atoms with Crippen LogP contribution >= 0.6 is 22.7 Å². The Morgan fingerprint density at radius 2 is 1.88 bits per heavy atom. The zero-order valence-corrected chi connectivity index (χ0v) is 21.9. The first kappa shape index (κ1) is 23.2. The molecule has 0 spiro atoms. The second-order valence-corrected chi connectivity index (χ2v) is 12.6. The van der Waals surface area contributed by atoms with E-state index in [1.54, 1.807) is 22.7 Å². The second-order valence-electron chi connectivity index (χ2n) is 10.4. The molecule has 0 saturated carbocycles. The van der Waals surface area contributed by atoms with E-state index >= 15 is 0 Å². The maximum absolute atomic E-state index is 12.8. The van der Waals surface area contributed by atoms with Gasteiger partial charge in [-0.05, 0) is 53.9 Å². The number of nitrogens with zero attached hydrogens (tertiary/aromatic N) is 2. The molecule has 5 rings (SSSR count). The quantitative estimate of drug-likeness (QED) is 0.329. The van der Waals surface area contributed by atoms with Crippen LogP contribution in [0.2, 0.25) is 0 Å². The predicted octanol–water partition coefficient (Wildman–Crippen LogP) is 6.98. The van der Waals surface area contributed by atoms with Crippen molar-refractivity contribution in [2.75, 3.05) is 5.32 Å². The van der Waals surface area contributed by atoms with Crippen LogP contribution in [0.5, 0.6) is 0 Å². The molecule has 34 heavy (non-hydrogen) atoms. The van der Waals surface area contributed by atoms with Crippen LogP contribution in [-0.2, 0) is 30.5 Å². The topological polar surface area (TPSA) is 54.9 Å². The lowest BCUT2D eigenvalue weighted by Gasteiger charge is -2.33. The molecular weight excluding hydrogens is 458 g/mol. The third kappa shape index (κ3) is 4.93. The van der Waals surface area contributed by atoms with Gasteiger partial charge in [0.15, 0.2) is 5.13 Å². The fourth-order valence-electron chi connectivity index (χ4n) is 4.81. The second kappa shape index (κ2) is 9.23. The molecule has 0 fully saturated rings. The van der Waals surface area contributed by atoms with Crippen LogP contribution in [0.3, 0.4) is 0 Å². The maximum Gasteiger partial charge on any atom is 0.231 e. The third-order valence-electron chi connectivity index (χ3n) is 6.89. The molecule has 1 amide bonds. The summed E-state index contributed by atoms with van der Waals surface area (Å²) in [5.74, 6) is 0.658. The molecule has 4 nitrogen and oxygen atoms in total. The summed E-state index contributed by atoms with van der Waals surface area (Å²) in [7, 11) is 0. The number of nitrogens with one attached hydrogen (secondary N) is 1. The van der Waals surface area contributed by atoms with Crippen LogP contribution in [0.4, 0.5) is 5.13 Å². The first-order valence-electron chi connectivity index (χ1n) is 12.0. The van der Waals surface area contributed by atoms with E-state index in [-0.39, 0.29) is 5.91 Å². The molecule has 1 N–H and O–H groups in total. The summed E-state index contributed by atoms with van der Waals surface area (Å²) in [5, 5.41) is 7.35. The highest BCUT2D eigenvalue weighted by Crippen LogP contribution is 2.40. The van der Waals surface area contributed by atoms with Crippen molar-refractivity contribution in [3.63, 3.8) is 0 Å². The van der Waals surface area contributed by atoms with E-state index in [1.807, 2.05) is 6.92 Å². The number of aromatic nitrogens is 2. The highest BCUT2D eigenvalue weighted by atomic mass is 32.1. The van der Waals surface area contributed by atoms with Gasteiger partial charge in [0, 0.05) is 16.2 Å². The van der Waals surface area contributed by atoms with Crippen LogP contribution in [0.1, 0.15) is 58.9 Å². The Labute approximate surface area is 209 Å². The zero-order chi connectivity index (χ0) is 23.9. The van der Waals surface area contributed by atoms with E-state index in [2.05, 4.69) is 68.6 Å². The summed E-state index contributed by atoms with van der Waals surface area (Å²) < 4.78 is 0. The summed E-state index contributed by atoms with van der Waals surface area (Å²) in [5.41, 5.74) is 3.69. The van der Waals surface area contributed by atoms with Crippen LogP contribution < -0.4 is 5.32 Å². The van der Waals surface area contributed by atoms with E-state index in [9.17, 15) is 4.79 Å². The van der Waals surface area contributed by atoms with Crippen molar-refractivity contribution in [1.29, 1.82) is 0 Å². The van der Waals surface area contributed by atoms with E-state index in [0.717, 1.165) is 40.0 Å². The molecule has 0 radical (unpaired) electrons. The minimum atomic E-state index is -0.0121. The number of anilines is 1. The van der Waals surface area contributed by atoms with Crippen molar-refractivity contribution >= 4 is 44.5 Å². The summed E-state index contributed by atoms with van der Waals surface area (Å²) in [4.78, 5) is 24.7. The lowest BCUT2D eigenvalue weighted by Crippen LogP contribution is -2.26. The van der Waals surface area contributed by atoms with Gasteiger partial charge in [0.05, 0.1) is 22.8 Å². The first-order chi connectivity index (χ1) is 16.3. The van der Waals surface area contributed by atoms with Gasteiger partial charge < -0.3 is 5.32 Å². The van der Waals surface area contributed by atoms with Gasteiger partial charge in [0.2, 0.25) is 5.91 Å². The molecule has 2 aromatic heterocycles. The molecule has 2 aromatic carbocycles. The molecule has 0 aliphatic heterocycles. The summed E-state index contributed by atoms with van der Waals surface area (Å²) in [6.45, 7) is 8.95. The largest absolute Gasteiger partial charge is 0.302 e. The molecule has 0 saturated heterocycles. The molecule has 1 aliphatic carbocycles. The normalized spacial score (nSPS) is 15.9. The number of carbonyl (C=O) groups is 1. The van der Waals surface area contributed by atoms with Gasteiger partial charge in [-0.2, -0.15) is 0 Å². The van der Waals surface area contributed by atoms with Crippen molar-refractivity contribution < 1.29 is 4.79 Å². The molecule has 2 heterocycles. The molecule has 1 aliphatic rings. The van der Waals surface area contributed by atoms with Gasteiger partial charge in [0.1, 0.15) is 0 Å². The smallest absolute Gasteiger partial charge is 0.231 e. The monoisotopic (exact) mass is 489 g/mol. The minimum absolute atomic E-state index is 0.0121. The summed E-state index contributed by atoms with van der Waals surface area (Å²) in [6, 6.07) is 14.9. The minimum Gasteiger partial charge on any atom is -0.302 e. The SMILES string of the molecule is Cc1nc(Cc2cccc3ccccc23)sc1CC(=O)Nc1nc2c(s1)CC(C(C)(C)C)CC2. The number of rotatable bonds is 5. The number of benzene rings is 2. The van der Waals surface area contributed by atoms with Gasteiger partial charge >= 0.3 is 0 Å². The van der Waals surface area contributed by atoms with Gasteiger partial charge in [-0.3, -0.25) is 4.79 Å². The Kier molecular flexibility index (Phi) is 6.30. The van der Waals surface area contributed by atoms with Gasteiger partial charge in [0.25, 0.3) is 0 Å². The van der Waals surface area contributed by atoms with Crippen LogP contribution in [-0.4, -0.2) is 15.9 Å². The molecule has 0 bridgehead atoms. The number of aryl methyl sites for hydroxylation is 2. The Hall–Kier alpha value is -2.57. The average Bonchev–Trinajstić information content (AvgIpc) is 3.34. The lowest BCUT2D eigenvalue weighted by molar-refractivity contribution is -0.115. The molecule has 1 atom stereocenters. The molecular formula is C28H31N3OS2. The predicted molar refractivity (Wildman–Crippen MR) is 143 cm³/mol. The molecule has 4 aromatic rings. The fraction of sp³-hybridized carbons (Fsp3) is 0.393. The van der Waals surface area contributed by atoms with Crippen molar-refractivity contribution in [2.24, 2.45) is 11.3 Å². The lowest BCUT2D eigenvalue weighted by atomic mass is 9.73. The van der Waals surface area contributed by atoms with Crippen LogP contribution in [0, 0.1) is 18.3 Å². The zero-order valence-electron chi connectivity index (χ0n) is 20.3. The number of thiazole rings is 2. The standard InChI is InChI=1S/C28H31N3OS2/c1-17-23(33-26(29-17)14-19-10-7-9-18-8-5-6-11-21(18)19)16-25(32)31-27-30-22-13-12-20(28(2,3)4)15-24(22)34-27/h5-11,20H,12-16H2,1-4H3,(H,30,31,32). The summed E-state index contributed by atoms with van der Waals surface area (Å²) in [6.07, 6.45) is 4.37. The first-order valence-corrected chi connectivity index (χ1v) is 13.6. The highest BCUT2D eigenvalue weighted by Gasteiger charge is 2.30. The molecule has 1 unspecified atom stereocenters. The van der Waals surface area contributed by atoms with E-state index < -0.39 is 0 Å². The highest BCUT2D eigenvalue weighted by molar-refractivity contribution is 7.16. The Balaban J connectivity index is 1.25. The van der Waals surface area contributed by atoms with Gasteiger partial charge in [-0.1, -0.05) is 63.2 Å². The number of hydrogen-bond donors (Lipinski definition) is 1. The molecule has 176 valence electrons. The number of fused-ring (bicyclic) bond motifs is 2. The number of amides is 1. The van der Waals surface area contributed by atoms with Crippen molar-refractivity contribution in [1.82, 2.24) is 9.97 Å². The fourth-order valence-corrected chi connectivity index (χ4v) is 7.01. The van der Waals surface area contributed by atoms with E-state index in [0.29, 0.717) is 17.8 Å². The third-order valence-corrected chi connectivity index (χ3v) is 9.08. The molecule has 6 heteroatoms. The van der Waals surface area contributed by atoms with Crippen molar-refractivity contribution in [2.45, 2.75) is 59.8 Å². The number of carbonyl (C=O) groups excluding carboxylic acids is 1. The number of hydrogen-bond acceptors (Lipinski definition) is 5. The van der Waals surface area contributed by atoms with Gasteiger partial charge in [-0.25, -0.2) is 9.97 Å². The van der Waals surface area contributed by atoms with Crippen LogP contribution in [0.25, 0.3) is 10.8 Å². The van der Waals surface area contributed by atoms with Crippen molar-refractivity contribution in [3.05, 3.63) is 74.2 Å². The van der Waals surface area contributed by atoms with E-state index in [1.165, 1.54) is 33.3 Å². The Morgan fingerprint density at radius 3 is 2.71 bits per heavy atom. The van der Waals surface area contributed by atoms with E-state index in [4.69, 9.17) is 9.97 Å². The van der Waals surface area contributed by atoms with Crippen LogP contribution in [0.15, 0.2) is 42.5 Å².